The molecule has 0 aliphatic rings. The predicted molar refractivity (Wildman–Crippen MR) is 52.7 cm³/mol. The van der Waals surface area contributed by atoms with E-state index in [9.17, 15) is 9.59 Å². The number of hydrogen-bond donors (Lipinski definition) is 2. The third-order valence-electron chi connectivity index (χ3n) is 1.81. The number of esters is 1. The molecule has 0 aromatic heterocycles. The van der Waals surface area contributed by atoms with Crippen LogP contribution in [0.25, 0.3) is 0 Å². The summed E-state index contributed by atoms with van der Waals surface area (Å²) < 4.78 is 4.44. The molecule has 0 rings (SSSR count). The standard InChI is InChI=1S/C9H18N2O3/c1-7(6-10-2)9(13)11-5-4-8(12)14-3/h7,10H,4-6H2,1-3H3,(H,11,13). The first kappa shape index (κ1) is 12.9. The normalized spacial score (nSPS) is 11.9. The van der Waals surface area contributed by atoms with Crippen molar-refractivity contribution in [3.63, 3.8) is 0 Å². The van der Waals surface area contributed by atoms with Gasteiger partial charge in [0.2, 0.25) is 5.91 Å². The van der Waals surface area contributed by atoms with Gasteiger partial charge in [0.1, 0.15) is 0 Å². The largest absolute Gasteiger partial charge is 0.469 e. The van der Waals surface area contributed by atoms with E-state index in [4.69, 9.17) is 0 Å². The Hall–Kier alpha value is -1.10. The zero-order chi connectivity index (χ0) is 11.0. The van der Waals surface area contributed by atoms with Crippen LogP contribution >= 0.6 is 0 Å². The van der Waals surface area contributed by atoms with Crippen LogP contribution in [-0.2, 0) is 14.3 Å². The molecule has 5 nitrogen and oxygen atoms in total. The van der Waals surface area contributed by atoms with E-state index in [1.165, 1.54) is 7.11 Å². The molecule has 0 aromatic carbocycles. The molecule has 1 amide bonds. The van der Waals surface area contributed by atoms with Crippen molar-refractivity contribution in [1.82, 2.24) is 10.6 Å². The first-order valence-corrected chi connectivity index (χ1v) is 4.61. The second-order valence-electron chi connectivity index (χ2n) is 3.08. The number of carbonyl (C=O) groups is 2. The Kier molecular flexibility index (Phi) is 6.74. The van der Waals surface area contributed by atoms with Gasteiger partial charge in [-0.3, -0.25) is 9.59 Å². The Bertz CT molecular complexity index is 194. The summed E-state index contributed by atoms with van der Waals surface area (Å²) in [5.41, 5.74) is 0. The minimum Gasteiger partial charge on any atom is -0.469 e. The summed E-state index contributed by atoms with van der Waals surface area (Å²) in [4.78, 5) is 22.0. The van der Waals surface area contributed by atoms with Crippen LogP contribution in [0.3, 0.4) is 0 Å². The van der Waals surface area contributed by atoms with Gasteiger partial charge in [0.05, 0.1) is 13.5 Å². The predicted octanol–water partition coefficient (Wildman–Crippen LogP) is -0.479. The Balaban J connectivity index is 3.58. The minimum absolute atomic E-state index is 0.0525. The van der Waals surface area contributed by atoms with Gasteiger partial charge in [-0.2, -0.15) is 0 Å². The number of carbonyl (C=O) groups excluding carboxylic acids is 2. The maximum atomic E-state index is 11.3. The molecule has 5 heteroatoms. The maximum absolute atomic E-state index is 11.3. The molecule has 0 bridgehead atoms. The highest BCUT2D eigenvalue weighted by Gasteiger charge is 2.11. The molecule has 1 atom stereocenters. The zero-order valence-corrected chi connectivity index (χ0v) is 8.92. The summed E-state index contributed by atoms with van der Waals surface area (Å²) in [6.45, 7) is 2.79. The van der Waals surface area contributed by atoms with Crippen molar-refractivity contribution in [1.29, 1.82) is 0 Å². The molecule has 0 saturated heterocycles. The lowest BCUT2D eigenvalue weighted by atomic mass is 10.1. The summed E-state index contributed by atoms with van der Waals surface area (Å²) >= 11 is 0. The second kappa shape index (κ2) is 7.32. The Morgan fingerprint density at radius 2 is 2.07 bits per heavy atom. The molecule has 0 saturated carbocycles. The fraction of sp³-hybridized carbons (Fsp3) is 0.778. The van der Waals surface area contributed by atoms with Crippen molar-refractivity contribution in [2.45, 2.75) is 13.3 Å². The highest BCUT2D eigenvalue weighted by molar-refractivity contribution is 5.79. The van der Waals surface area contributed by atoms with E-state index in [0.717, 1.165) is 0 Å². The van der Waals surface area contributed by atoms with E-state index in [1.54, 1.807) is 7.05 Å². The molecular weight excluding hydrogens is 184 g/mol. The van der Waals surface area contributed by atoms with Crippen LogP contribution in [-0.4, -0.2) is 39.1 Å². The first-order chi connectivity index (χ1) is 6.61. The lowest BCUT2D eigenvalue weighted by molar-refractivity contribution is -0.140. The summed E-state index contributed by atoms with van der Waals surface area (Å²) in [6, 6.07) is 0. The molecule has 0 fully saturated rings. The van der Waals surface area contributed by atoms with Crippen LogP contribution in [0.2, 0.25) is 0 Å². The minimum atomic E-state index is -0.313. The Morgan fingerprint density at radius 1 is 1.43 bits per heavy atom. The highest BCUT2D eigenvalue weighted by atomic mass is 16.5. The molecule has 14 heavy (non-hydrogen) atoms. The summed E-state index contributed by atoms with van der Waals surface area (Å²) in [6.07, 6.45) is 0.217. The maximum Gasteiger partial charge on any atom is 0.307 e. The number of methoxy groups -OCH3 is 1. The third kappa shape index (κ3) is 5.53. The average molecular weight is 202 g/mol. The lowest BCUT2D eigenvalue weighted by Gasteiger charge is -2.10. The van der Waals surface area contributed by atoms with E-state index in [-0.39, 0.29) is 24.2 Å². The molecule has 2 N–H and O–H groups in total. The molecular formula is C9H18N2O3. The monoisotopic (exact) mass is 202 g/mol. The van der Waals surface area contributed by atoms with E-state index in [2.05, 4.69) is 15.4 Å². The smallest absolute Gasteiger partial charge is 0.307 e. The van der Waals surface area contributed by atoms with Crippen molar-refractivity contribution < 1.29 is 14.3 Å². The SMILES string of the molecule is CNCC(C)C(=O)NCCC(=O)OC. The summed E-state index contributed by atoms with van der Waals surface area (Å²) in [5, 5.41) is 5.56. The molecule has 0 radical (unpaired) electrons. The number of ether oxygens (including phenoxy) is 1. The first-order valence-electron chi connectivity index (χ1n) is 4.61. The van der Waals surface area contributed by atoms with Gasteiger partial charge in [0.15, 0.2) is 0 Å². The van der Waals surface area contributed by atoms with Gasteiger partial charge in [0, 0.05) is 19.0 Å². The van der Waals surface area contributed by atoms with Gasteiger partial charge in [-0.1, -0.05) is 6.92 Å². The van der Waals surface area contributed by atoms with Crippen LogP contribution in [0, 0.1) is 5.92 Å². The summed E-state index contributed by atoms with van der Waals surface area (Å²) in [7, 11) is 3.12. The van der Waals surface area contributed by atoms with E-state index >= 15 is 0 Å². The van der Waals surface area contributed by atoms with E-state index < -0.39 is 0 Å². The van der Waals surface area contributed by atoms with Gasteiger partial charge >= 0.3 is 5.97 Å². The topological polar surface area (TPSA) is 67.4 Å². The number of rotatable bonds is 6. The Morgan fingerprint density at radius 3 is 2.57 bits per heavy atom. The van der Waals surface area contributed by atoms with Crippen molar-refractivity contribution in [2.24, 2.45) is 5.92 Å². The molecule has 0 aliphatic carbocycles. The van der Waals surface area contributed by atoms with Gasteiger partial charge in [-0.25, -0.2) is 0 Å². The molecule has 0 aromatic rings. The molecule has 82 valence electrons. The van der Waals surface area contributed by atoms with Gasteiger partial charge < -0.3 is 15.4 Å². The number of hydrogen-bond acceptors (Lipinski definition) is 4. The highest BCUT2D eigenvalue weighted by Crippen LogP contribution is 1.92. The van der Waals surface area contributed by atoms with Gasteiger partial charge in [-0.05, 0) is 7.05 Å². The van der Waals surface area contributed by atoms with E-state index in [0.29, 0.717) is 13.1 Å². The third-order valence-corrected chi connectivity index (χ3v) is 1.81. The van der Waals surface area contributed by atoms with Crippen LogP contribution in [0.15, 0.2) is 0 Å². The number of amides is 1. The lowest BCUT2D eigenvalue weighted by Crippen LogP contribution is -2.35. The van der Waals surface area contributed by atoms with Crippen LogP contribution in [0.1, 0.15) is 13.3 Å². The Labute approximate surface area is 84.2 Å². The summed E-state index contributed by atoms with van der Waals surface area (Å²) in [5.74, 6) is -0.451. The molecule has 0 aliphatic heterocycles. The average Bonchev–Trinajstić information content (AvgIpc) is 2.17. The van der Waals surface area contributed by atoms with Crippen molar-refractivity contribution in [2.75, 3.05) is 27.2 Å². The zero-order valence-electron chi connectivity index (χ0n) is 8.92. The van der Waals surface area contributed by atoms with Gasteiger partial charge in [-0.15, -0.1) is 0 Å². The second-order valence-corrected chi connectivity index (χ2v) is 3.08. The van der Waals surface area contributed by atoms with Gasteiger partial charge in [0.25, 0.3) is 0 Å². The molecule has 0 heterocycles. The molecule has 0 spiro atoms. The fourth-order valence-corrected chi connectivity index (χ4v) is 0.963. The number of nitrogens with one attached hydrogen (secondary N) is 2. The van der Waals surface area contributed by atoms with Crippen molar-refractivity contribution in [3.8, 4) is 0 Å². The van der Waals surface area contributed by atoms with Crippen molar-refractivity contribution in [3.05, 3.63) is 0 Å². The van der Waals surface area contributed by atoms with Crippen LogP contribution in [0.4, 0.5) is 0 Å². The van der Waals surface area contributed by atoms with E-state index in [1.807, 2.05) is 6.92 Å². The van der Waals surface area contributed by atoms with Crippen LogP contribution < -0.4 is 10.6 Å². The fourth-order valence-electron chi connectivity index (χ4n) is 0.963. The van der Waals surface area contributed by atoms with Crippen molar-refractivity contribution >= 4 is 11.9 Å². The quantitative estimate of drug-likeness (QED) is 0.571. The van der Waals surface area contributed by atoms with Crippen LogP contribution in [0.5, 0.6) is 0 Å². The molecule has 1 unspecified atom stereocenters.